The minimum Gasteiger partial charge on any atom is -0.493 e. The van der Waals surface area contributed by atoms with E-state index in [0.29, 0.717) is 34.1 Å². The summed E-state index contributed by atoms with van der Waals surface area (Å²) in [6, 6.07) is 10.2. The Morgan fingerprint density at radius 2 is 1.66 bits per heavy atom. The zero-order chi connectivity index (χ0) is 22.8. The number of aryl methyl sites for hydroxylation is 1. The van der Waals surface area contributed by atoms with E-state index in [1.54, 1.807) is 38.5 Å². The molecule has 0 bridgehead atoms. The Kier molecular flexibility index (Phi) is 6.09. The van der Waals surface area contributed by atoms with Crippen molar-refractivity contribution in [1.29, 1.82) is 0 Å². The van der Waals surface area contributed by atoms with Crippen LogP contribution in [-0.2, 0) is 16.1 Å². The number of nitrogens with zero attached hydrogens (tertiary/aromatic N) is 3. The Balaban J connectivity index is 1.71. The molecule has 0 atom stereocenters. The Labute approximate surface area is 188 Å². The Hall–Kier alpha value is -3.46. The average Bonchev–Trinajstić information content (AvgIpc) is 3.31. The lowest BCUT2D eigenvalue weighted by atomic mass is 10.2. The molecule has 0 aliphatic carbocycles. The molecule has 166 valence electrons. The highest BCUT2D eigenvalue weighted by atomic mass is 32.1. The Bertz CT molecular complexity index is 1260. The number of amides is 3. The monoisotopic (exact) mass is 453 g/mol. The number of fused-ring (bicyclic) bond motifs is 1. The van der Waals surface area contributed by atoms with E-state index in [4.69, 9.17) is 9.47 Å². The van der Waals surface area contributed by atoms with Crippen molar-refractivity contribution in [1.82, 2.24) is 4.57 Å². The minimum absolute atomic E-state index is 0.216. The smallest absolute Gasteiger partial charge is 0.279 e. The molecule has 3 amide bonds. The summed E-state index contributed by atoms with van der Waals surface area (Å²) in [5.41, 5.74) is 1.77. The number of thiazole rings is 1. The van der Waals surface area contributed by atoms with Crippen molar-refractivity contribution in [3.05, 3.63) is 46.8 Å². The first-order valence-corrected chi connectivity index (χ1v) is 11.1. The van der Waals surface area contributed by atoms with Gasteiger partial charge >= 0.3 is 0 Å². The molecule has 3 aromatic rings. The molecule has 9 heteroatoms. The molecular formula is C23H23N3O5S. The number of anilines is 1. The molecule has 2 heterocycles. The van der Waals surface area contributed by atoms with Crippen LogP contribution in [0.25, 0.3) is 10.2 Å². The molecule has 0 N–H and O–H groups in total. The van der Waals surface area contributed by atoms with Crippen molar-refractivity contribution >= 4 is 45.0 Å². The molecule has 2 aromatic carbocycles. The van der Waals surface area contributed by atoms with Crippen LogP contribution in [0.2, 0.25) is 0 Å². The van der Waals surface area contributed by atoms with Crippen molar-refractivity contribution in [3.8, 4) is 11.5 Å². The Morgan fingerprint density at radius 3 is 2.25 bits per heavy atom. The number of carbonyl (C=O) groups excluding carboxylic acids is 3. The third-order valence-electron chi connectivity index (χ3n) is 5.26. The predicted octanol–water partition coefficient (Wildman–Crippen LogP) is 3.52. The van der Waals surface area contributed by atoms with E-state index in [1.807, 2.05) is 16.7 Å². The number of aromatic nitrogens is 1. The molecule has 4 rings (SSSR count). The second-order valence-corrected chi connectivity index (χ2v) is 8.31. The van der Waals surface area contributed by atoms with Gasteiger partial charge in [0.1, 0.15) is 0 Å². The molecule has 8 nitrogen and oxygen atoms in total. The van der Waals surface area contributed by atoms with Gasteiger partial charge in [-0.1, -0.05) is 18.3 Å². The van der Waals surface area contributed by atoms with Crippen LogP contribution in [0, 0.1) is 0 Å². The SMILES string of the molecule is CCCn1c(=NC(=O)c2ccc(N3C(=O)CCC3=O)cc2)sc2cc(OC)c(OC)cc21. The summed E-state index contributed by atoms with van der Waals surface area (Å²) >= 11 is 1.40. The van der Waals surface area contributed by atoms with Crippen molar-refractivity contribution in [3.63, 3.8) is 0 Å². The summed E-state index contributed by atoms with van der Waals surface area (Å²) in [7, 11) is 3.17. The third-order valence-corrected chi connectivity index (χ3v) is 6.30. The van der Waals surface area contributed by atoms with Crippen LogP contribution in [0.5, 0.6) is 11.5 Å². The molecule has 32 heavy (non-hydrogen) atoms. The standard InChI is InChI=1S/C23H23N3O5S/c1-4-11-25-16-12-17(30-2)18(31-3)13-19(16)32-23(25)24-22(29)14-5-7-15(8-6-14)26-20(27)9-10-21(26)28/h5-8,12-13H,4,9-11H2,1-3H3. The van der Waals surface area contributed by atoms with Crippen molar-refractivity contribution in [2.75, 3.05) is 19.1 Å². The fourth-order valence-electron chi connectivity index (χ4n) is 3.69. The summed E-state index contributed by atoms with van der Waals surface area (Å²) in [6.07, 6.45) is 1.30. The van der Waals surface area contributed by atoms with Crippen molar-refractivity contribution < 1.29 is 23.9 Å². The first kappa shape index (κ1) is 21.8. The highest BCUT2D eigenvalue weighted by molar-refractivity contribution is 7.16. The minimum atomic E-state index is -0.397. The normalized spacial score (nSPS) is 14.5. The van der Waals surface area contributed by atoms with Crippen LogP contribution >= 0.6 is 11.3 Å². The lowest BCUT2D eigenvalue weighted by Gasteiger charge is -2.13. The van der Waals surface area contributed by atoms with Gasteiger partial charge < -0.3 is 14.0 Å². The molecule has 1 aromatic heterocycles. The maximum atomic E-state index is 12.9. The highest BCUT2D eigenvalue weighted by Gasteiger charge is 2.30. The van der Waals surface area contributed by atoms with E-state index in [2.05, 4.69) is 11.9 Å². The molecule has 1 aliphatic rings. The van der Waals surface area contributed by atoms with Gasteiger partial charge in [-0.05, 0) is 30.7 Å². The van der Waals surface area contributed by atoms with Crippen LogP contribution in [0.3, 0.4) is 0 Å². The topological polar surface area (TPSA) is 90.2 Å². The van der Waals surface area contributed by atoms with E-state index in [9.17, 15) is 14.4 Å². The van der Waals surface area contributed by atoms with E-state index < -0.39 is 5.91 Å². The number of benzene rings is 2. The van der Waals surface area contributed by atoms with E-state index in [-0.39, 0.29) is 24.7 Å². The van der Waals surface area contributed by atoms with Gasteiger partial charge in [0.25, 0.3) is 5.91 Å². The molecule has 0 unspecified atom stereocenters. The van der Waals surface area contributed by atoms with Gasteiger partial charge in [0.15, 0.2) is 16.3 Å². The van der Waals surface area contributed by atoms with Crippen LogP contribution in [0.4, 0.5) is 5.69 Å². The number of imide groups is 1. The number of methoxy groups -OCH3 is 2. The number of rotatable bonds is 6. The second kappa shape index (κ2) is 8.96. The van der Waals surface area contributed by atoms with Crippen LogP contribution in [0.1, 0.15) is 36.5 Å². The summed E-state index contributed by atoms with van der Waals surface area (Å²) in [5.74, 6) is 0.378. The van der Waals surface area contributed by atoms with Crippen molar-refractivity contribution in [2.45, 2.75) is 32.7 Å². The molecule has 1 aliphatic heterocycles. The lowest BCUT2D eigenvalue weighted by Crippen LogP contribution is -2.28. The molecule has 0 saturated carbocycles. The third kappa shape index (κ3) is 3.91. The van der Waals surface area contributed by atoms with E-state index in [0.717, 1.165) is 21.5 Å². The maximum absolute atomic E-state index is 12.9. The van der Waals surface area contributed by atoms with Crippen LogP contribution in [0.15, 0.2) is 41.4 Å². The number of hydrogen-bond acceptors (Lipinski definition) is 6. The van der Waals surface area contributed by atoms with Gasteiger partial charge in [0.2, 0.25) is 11.8 Å². The first-order chi connectivity index (χ1) is 15.5. The summed E-state index contributed by atoms with van der Waals surface area (Å²) in [5, 5.41) is 0. The number of hydrogen-bond donors (Lipinski definition) is 0. The van der Waals surface area contributed by atoms with E-state index in [1.165, 1.54) is 11.3 Å². The van der Waals surface area contributed by atoms with Gasteiger partial charge in [-0.3, -0.25) is 19.3 Å². The zero-order valence-corrected chi connectivity index (χ0v) is 18.9. The summed E-state index contributed by atoms with van der Waals surface area (Å²) < 4.78 is 13.7. The molecule has 1 saturated heterocycles. The van der Waals surface area contributed by atoms with Gasteiger partial charge in [-0.2, -0.15) is 4.99 Å². The Morgan fingerprint density at radius 1 is 1.03 bits per heavy atom. The van der Waals surface area contributed by atoms with Gasteiger partial charge in [-0.25, -0.2) is 0 Å². The van der Waals surface area contributed by atoms with Gasteiger partial charge in [0.05, 0.1) is 30.1 Å². The largest absolute Gasteiger partial charge is 0.493 e. The van der Waals surface area contributed by atoms with Crippen molar-refractivity contribution in [2.24, 2.45) is 4.99 Å². The predicted molar refractivity (Wildman–Crippen MR) is 121 cm³/mol. The zero-order valence-electron chi connectivity index (χ0n) is 18.1. The molecular weight excluding hydrogens is 430 g/mol. The quantitative estimate of drug-likeness (QED) is 0.533. The summed E-state index contributed by atoms with van der Waals surface area (Å²) in [4.78, 5) is 42.8. The van der Waals surface area contributed by atoms with Crippen LogP contribution < -0.4 is 19.2 Å². The first-order valence-electron chi connectivity index (χ1n) is 10.3. The second-order valence-electron chi connectivity index (χ2n) is 7.30. The molecule has 1 fully saturated rings. The molecule has 0 radical (unpaired) electrons. The molecule has 0 spiro atoms. The highest BCUT2D eigenvalue weighted by Crippen LogP contribution is 2.33. The number of ether oxygens (including phenoxy) is 2. The average molecular weight is 454 g/mol. The van der Waals surface area contributed by atoms with Crippen LogP contribution in [-0.4, -0.2) is 36.5 Å². The van der Waals surface area contributed by atoms with Gasteiger partial charge in [-0.15, -0.1) is 0 Å². The fraction of sp³-hybridized carbons (Fsp3) is 0.304. The lowest BCUT2D eigenvalue weighted by molar-refractivity contribution is -0.121. The van der Waals surface area contributed by atoms with E-state index >= 15 is 0 Å². The fourth-order valence-corrected chi connectivity index (χ4v) is 4.76. The number of carbonyl (C=O) groups is 3. The maximum Gasteiger partial charge on any atom is 0.279 e. The summed E-state index contributed by atoms with van der Waals surface area (Å²) in [6.45, 7) is 2.75. The van der Waals surface area contributed by atoms with Gasteiger partial charge in [0, 0.05) is 37.1 Å².